The van der Waals surface area contributed by atoms with Gasteiger partial charge in [0, 0.05) is 29.6 Å². The summed E-state index contributed by atoms with van der Waals surface area (Å²) in [6.45, 7) is 2.24. The van der Waals surface area contributed by atoms with Gasteiger partial charge in [0.25, 0.3) is 0 Å². The van der Waals surface area contributed by atoms with Gasteiger partial charge < -0.3 is 15.2 Å². The van der Waals surface area contributed by atoms with E-state index in [4.69, 9.17) is 10.3 Å². The van der Waals surface area contributed by atoms with Crippen LogP contribution in [0.1, 0.15) is 23.8 Å². The molecule has 2 heterocycles. The zero-order chi connectivity index (χ0) is 19.2. The van der Waals surface area contributed by atoms with Crippen LogP contribution in [0.2, 0.25) is 0 Å². The van der Waals surface area contributed by atoms with E-state index >= 15 is 0 Å². The van der Waals surface area contributed by atoms with Gasteiger partial charge >= 0.3 is 5.69 Å². The fourth-order valence-corrected chi connectivity index (χ4v) is 3.16. The van der Waals surface area contributed by atoms with E-state index in [1.54, 1.807) is 6.20 Å². The van der Waals surface area contributed by atoms with E-state index in [2.05, 4.69) is 32.5 Å². The molecule has 1 saturated heterocycles. The molecule has 0 bridgehead atoms. The highest BCUT2D eigenvalue weighted by molar-refractivity contribution is 5.41. The zero-order valence-electron chi connectivity index (χ0n) is 15.0. The van der Waals surface area contributed by atoms with Gasteiger partial charge in [-0.2, -0.15) is 4.98 Å². The summed E-state index contributed by atoms with van der Waals surface area (Å²) in [5.41, 5.74) is 10.2. The average Bonchev–Trinajstić information content (AvgIpc) is 3.08. The van der Waals surface area contributed by atoms with E-state index < -0.39 is 24.1 Å². The van der Waals surface area contributed by atoms with Crippen molar-refractivity contribution < 1.29 is 9.84 Å². The van der Waals surface area contributed by atoms with Gasteiger partial charge in [0.15, 0.2) is 0 Å². The minimum Gasteiger partial charge on any atom is -0.394 e. The lowest BCUT2D eigenvalue weighted by atomic mass is 10.1. The highest BCUT2D eigenvalue weighted by Crippen LogP contribution is 2.30. The first kappa shape index (κ1) is 18.9. The minimum absolute atomic E-state index is 0.277. The van der Waals surface area contributed by atoms with Crippen LogP contribution >= 0.6 is 0 Å². The van der Waals surface area contributed by atoms with Crippen molar-refractivity contribution >= 4 is 5.82 Å². The highest BCUT2D eigenvalue weighted by Gasteiger charge is 2.35. The number of hydrogen-bond acceptors (Lipinski definition) is 6. The van der Waals surface area contributed by atoms with Crippen LogP contribution in [0.4, 0.5) is 5.82 Å². The van der Waals surface area contributed by atoms with E-state index in [1.165, 1.54) is 10.1 Å². The molecule has 2 N–H and O–H groups in total. The quantitative estimate of drug-likeness (QED) is 0.439. The van der Waals surface area contributed by atoms with E-state index in [0.717, 1.165) is 12.0 Å². The van der Waals surface area contributed by atoms with E-state index in [-0.39, 0.29) is 6.61 Å². The van der Waals surface area contributed by atoms with E-state index in [0.29, 0.717) is 18.8 Å². The van der Waals surface area contributed by atoms with Gasteiger partial charge in [-0.25, -0.2) is 4.79 Å². The second-order valence-corrected chi connectivity index (χ2v) is 6.44. The van der Waals surface area contributed by atoms with Gasteiger partial charge in [-0.3, -0.25) is 4.57 Å². The molecule has 1 aliphatic heterocycles. The summed E-state index contributed by atoms with van der Waals surface area (Å²) in [6, 6.07) is 9.54. The monoisotopic (exact) mass is 370 g/mol. The number of anilines is 1. The summed E-state index contributed by atoms with van der Waals surface area (Å²) >= 11 is 0. The second-order valence-electron chi connectivity index (χ2n) is 6.44. The van der Waals surface area contributed by atoms with Gasteiger partial charge in [-0.15, -0.1) is 0 Å². The van der Waals surface area contributed by atoms with Crippen LogP contribution in [-0.4, -0.2) is 40.0 Å². The number of aromatic nitrogens is 2. The normalized spacial score (nSPS) is 21.6. The summed E-state index contributed by atoms with van der Waals surface area (Å²) in [6.07, 6.45) is 1.58. The van der Waals surface area contributed by atoms with Crippen LogP contribution in [0.15, 0.2) is 46.4 Å². The Hall–Kier alpha value is -2.87. The molecule has 3 atom stereocenters. The number of nitrogens with zero attached hydrogens (tertiary/aromatic N) is 5. The first-order valence-electron chi connectivity index (χ1n) is 8.80. The Labute approximate surface area is 156 Å². The molecule has 1 fully saturated rings. The number of hydrogen-bond donors (Lipinski definition) is 2. The molecule has 1 aromatic heterocycles. The summed E-state index contributed by atoms with van der Waals surface area (Å²) in [4.78, 5) is 19.3. The van der Waals surface area contributed by atoms with Gasteiger partial charge in [0.1, 0.15) is 12.0 Å². The van der Waals surface area contributed by atoms with Crippen LogP contribution in [0.5, 0.6) is 0 Å². The molecule has 0 aliphatic carbocycles. The lowest BCUT2D eigenvalue weighted by Gasteiger charge is -2.17. The number of aryl methyl sites for hydroxylation is 1. The Morgan fingerprint density at radius 1 is 1.44 bits per heavy atom. The third kappa shape index (κ3) is 4.46. The number of rotatable bonds is 7. The Morgan fingerprint density at radius 3 is 2.93 bits per heavy atom. The SMILES string of the molecule is Cc1cn(C2CC(N=[N+]=[N-])C(CO)O2)c(=O)nc1NCCc1ccccc1. The molecule has 9 nitrogen and oxygen atoms in total. The molecule has 2 aromatic rings. The maximum atomic E-state index is 12.4. The van der Waals surface area contributed by atoms with Crippen molar-refractivity contribution in [1.29, 1.82) is 0 Å². The van der Waals surface area contributed by atoms with Crippen molar-refractivity contribution in [3.8, 4) is 0 Å². The maximum absolute atomic E-state index is 12.4. The predicted octanol–water partition coefficient (Wildman–Crippen LogP) is 2.17. The average molecular weight is 370 g/mol. The largest absolute Gasteiger partial charge is 0.394 e. The molecule has 0 amide bonds. The minimum atomic E-state index is -0.623. The molecule has 9 heteroatoms. The molecular weight excluding hydrogens is 348 g/mol. The zero-order valence-corrected chi connectivity index (χ0v) is 15.0. The molecule has 0 saturated carbocycles. The number of benzene rings is 1. The molecule has 1 aliphatic rings. The maximum Gasteiger partial charge on any atom is 0.351 e. The standard InChI is InChI=1S/C18H22N6O3/c1-12-10-24(16-9-14(22-23-19)15(11-25)27-16)18(26)21-17(12)20-8-7-13-5-3-2-4-6-13/h2-6,10,14-16,25H,7-9,11H2,1H3,(H,20,21,26). The van der Waals surface area contributed by atoms with Gasteiger partial charge in [0.05, 0.1) is 18.8 Å². The number of aliphatic hydroxyl groups excluding tert-OH is 1. The molecule has 1 aromatic carbocycles. The second kappa shape index (κ2) is 8.68. The van der Waals surface area contributed by atoms with Crippen molar-refractivity contribution in [1.82, 2.24) is 9.55 Å². The van der Waals surface area contributed by atoms with E-state index in [9.17, 15) is 9.90 Å². The summed E-state index contributed by atoms with van der Waals surface area (Å²) in [5.74, 6) is 0.537. The number of aliphatic hydroxyl groups is 1. The molecule has 142 valence electrons. The third-order valence-electron chi connectivity index (χ3n) is 4.58. The van der Waals surface area contributed by atoms with Gasteiger partial charge in [-0.05, 0) is 24.4 Å². The topological polar surface area (TPSA) is 125 Å². The fourth-order valence-electron chi connectivity index (χ4n) is 3.16. The first-order valence-corrected chi connectivity index (χ1v) is 8.80. The number of ether oxygens (including phenoxy) is 1. The molecule has 3 unspecified atom stereocenters. The molecule has 0 spiro atoms. The first-order chi connectivity index (χ1) is 13.1. The van der Waals surface area contributed by atoms with Crippen molar-refractivity contribution in [2.45, 2.75) is 38.1 Å². The molecular formula is C18H22N6O3. The van der Waals surface area contributed by atoms with E-state index in [1.807, 2.05) is 25.1 Å². The Morgan fingerprint density at radius 2 is 2.22 bits per heavy atom. The summed E-state index contributed by atoms with van der Waals surface area (Å²) in [5, 5.41) is 16.2. The Kier molecular flexibility index (Phi) is 6.08. The van der Waals surface area contributed by atoms with Crippen molar-refractivity contribution in [2.75, 3.05) is 18.5 Å². The number of nitrogens with one attached hydrogen (secondary N) is 1. The highest BCUT2D eigenvalue weighted by atomic mass is 16.5. The lowest BCUT2D eigenvalue weighted by Crippen LogP contribution is -2.29. The smallest absolute Gasteiger partial charge is 0.351 e. The van der Waals surface area contributed by atoms with Crippen molar-refractivity contribution in [3.63, 3.8) is 0 Å². The Bertz CT molecular complexity index is 878. The number of azide groups is 1. The van der Waals surface area contributed by atoms with Crippen molar-refractivity contribution in [2.24, 2.45) is 5.11 Å². The van der Waals surface area contributed by atoms with Crippen molar-refractivity contribution in [3.05, 3.63) is 68.6 Å². The third-order valence-corrected chi connectivity index (χ3v) is 4.58. The van der Waals surface area contributed by atoms with Crippen LogP contribution < -0.4 is 11.0 Å². The predicted molar refractivity (Wildman–Crippen MR) is 100 cm³/mol. The van der Waals surface area contributed by atoms with Crippen LogP contribution in [-0.2, 0) is 11.2 Å². The molecule has 3 rings (SSSR count). The fraction of sp³-hybridized carbons (Fsp3) is 0.444. The molecule has 0 radical (unpaired) electrons. The summed E-state index contributed by atoms with van der Waals surface area (Å²) < 4.78 is 7.05. The van der Waals surface area contributed by atoms with Crippen LogP contribution in [0.3, 0.4) is 0 Å². The van der Waals surface area contributed by atoms with Crippen LogP contribution in [0, 0.1) is 6.92 Å². The van der Waals surface area contributed by atoms with Gasteiger partial charge in [0.2, 0.25) is 0 Å². The Balaban J connectivity index is 1.69. The van der Waals surface area contributed by atoms with Gasteiger partial charge in [-0.1, -0.05) is 35.4 Å². The van der Waals surface area contributed by atoms with Crippen LogP contribution in [0.25, 0.3) is 10.4 Å². The summed E-state index contributed by atoms with van der Waals surface area (Å²) in [7, 11) is 0. The lowest BCUT2D eigenvalue weighted by molar-refractivity contribution is -0.0270. The molecule has 27 heavy (non-hydrogen) atoms.